The van der Waals surface area contributed by atoms with Crippen LogP contribution < -0.4 is 0 Å². The molecule has 3 rings (SSSR count). The third-order valence-electron chi connectivity index (χ3n) is 3.70. The molecular weight excluding hydrogens is 262 g/mol. The maximum atomic E-state index is 10.1. The van der Waals surface area contributed by atoms with Gasteiger partial charge in [-0.3, -0.25) is 0 Å². The van der Waals surface area contributed by atoms with Gasteiger partial charge in [0.25, 0.3) is 0 Å². The van der Waals surface area contributed by atoms with Gasteiger partial charge in [0, 0.05) is 5.56 Å². The Morgan fingerprint density at radius 3 is 2.86 bits per heavy atom. The molecule has 0 unspecified atom stereocenters. The Balaban J connectivity index is 1.90. The van der Waals surface area contributed by atoms with Gasteiger partial charge in [0.1, 0.15) is 11.3 Å². The number of aromatic hydroxyl groups is 1. The van der Waals surface area contributed by atoms with Crippen LogP contribution >= 0.6 is 0 Å². The van der Waals surface area contributed by atoms with Crippen molar-refractivity contribution in [3.05, 3.63) is 53.6 Å². The largest absolute Gasteiger partial charge is 0.508 e. The van der Waals surface area contributed by atoms with E-state index >= 15 is 0 Å². The average Bonchev–Trinajstić information content (AvgIpc) is 2.91. The summed E-state index contributed by atoms with van der Waals surface area (Å²) in [6.45, 7) is 2.72. The molecular formula is C17H19N3O. The zero-order valence-electron chi connectivity index (χ0n) is 12.2. The van der Waals surface area contributed by atoms with Crippen LogP contribution in [0, 0.1) is 0 Å². The number of para-hydroxylation sites is 1. The van der Waals surface area contributed by atoms with Gasteiger partial charge < -0.3 is 5.11 Å². The van der Waals surface area contributed by atoms with Gasteiger partial charge in [0.05, 0.1) is 12.1 Å². The number of phenolic OH excluding ortho intramolecular Hbond substituents is 1. The van der Waals surface area contributed by atoms with Gasteiger partial charge in [0.15, 0.2) is 0 Å². The van der Waals surface area contributed by atoms with Crippen molar-refractivity contribution in [3.63, 3.8) is 0 Å². The first-order chi connectivity index (χ1) is 10.3. The molecule has 0 spiro atoms. The Bertz CT molecular complexity index is 749. The fourth-order valence-electron chi connectivity index (χ4n) is 2.50. The lowest BCUT2D eigenvalue weighted by Crippen LogP contribution is -2.03. The third kappa shape index (κ3) is 2.89. The monoisotopic (exact) mass is 281 g/mol. The summed E-state index contributed by atoms with van der Waals surface area (Å²) in [4.78, 5) is 0. The molecule has 4 nitrogen and oxygen atoms in total. The van der Waals surface area contributed by atoms with E-state index in [0.717, 1.165) is 29.4 Å². The van der Waals surface area contributed by atoms with Gasteiger partial charge in [0.2, 0.25) is 0 Å². The number of hydrogen-bond acceptors (Lipinski definition) is 3. The van der Waals surface area contributed by atoms with Crippen LogP contribution in [0.15, 0.2) is 42.5 Å². The van der Waals surface area contributed by atoms with Crippen molar-refractivity contribution in [2.24, 2.45) is 0 Å². The Morgan fingerprint density at radius 1 is 1.14 bits per heavy atom. The van der Waals surface area contributed by atoms with Crippen LogP contribution in [0.2, 0.25) is 0 Å². The van der Waals surface area contributed by atoms with E-state index in [1.165, 1.54) is 12.0 Å². The number of rotatable bonds is 5. The fraction of sp³-hybridized carbons (Fsp3) is 0.294. The fourth-order valence-corrected chi connectivity index (χ4v) is 2.50. The second-order valence-corrected chi connectivity index (χ2v) is 5.30. The van der Waals surface area contributed by atoms with E-state index in [-0.39, 0.29) is 0 Å². The van der Waals surface area contributed by atoms with E-state index in [1.54, 1.807) is 6.07 Å². The average molecular weight is 281 g/mol. The van der Waals surface area contributed by atoms with Crippen molar-refractivity contribution in [1.29, 1.82) is 0 Å². The second kappa shape index (κ2) is 5.95. The Hall–Kier alpha value is -2.36. The van der Waals surface area contributed by atoms with Gasteiger partial charge in [-0.2, -0.15) is 0 Å². The van der Waals surface area contributed by atoms with Crippen LogP contribution in [0.4, 0.5) is 0 Å². The molecule has 0 saturated carbocycles. The summed E-state index contributed by atoms with van der Waals surface area (Å²) in [6, 6.07) is 13.7. The molecule has 2 aromatic carbocycles. The highest BCUT2D eigenvalue weighted by Crippen LogP contribution is 2.22. The van der Waals surface area contributed by atoms with Crippen LogP contribution in [0.1, 0.15) is 30.9 Å². The van der Waals surface area contributed by atoms with E-state index in [1.807, 2.05) is 35.0 Å². The summed E-state index contributed by atoms with van der Waals surface area (Å²) in [5.74, 6) is 0.315. The molecule has 0 saturated heterocycles. The first-order valence-electron chi connectivity index (χ1n) is 7.37. The molecule has 1 heterocycles. The molecule has 4 heteroatoms. The number of hydrogen-bond donors (Lipinski definition) is 1. The van der Waals surface area contributed by atoms with E-state index in [0.29, 0.717) is 12.3 Å². The van der Waals surface area contributed by atoms with Gasteiger partial charge in [-0.1, -0.05) is 42.8 Å². The molecule has 3 aromatic rings. The van der Waals surface area contributed by atoms with E-state index in [4.69, 9.17) is 0 Å². The SMILES string of the molecule is CCCCc1ccc(O)c(Cn2nnc3ccccc32)c1. The number of unbranched alkanes of at least 4 members (excludes halogenated alkanes) is 1. The summed E-state index contributed by atoms with van der Waals surface area (Å²) < 4.78 is 1.83. The van der Waals surface area contributed by atoms with Crippen LogP contribution in [-0.4, -0.2) is 20.1 Å². The Kier molecular flexibility index (Phi) is 3.86. The molecule has 1 N–H and O–H groups in total. The molecule has 0 radical (unpaired) electrons. The predicted octanol–water partition coefficient (Wildman–Crippen LogP) is 3.53. The molecule has 108 valence electrons. The van der Waals surface area contributed by atoms with Crippen molar-refractivity contribution in [2.45, 2.75) is 32.7 Å². The maximum Gasteiger partial charge on any atom is 0.120 e. The molecule has 0 bridgehead atoms. The van der Waals surface area contributed by atoms with Gasteiger partial charge in [-0.15, -0.1) is 5.10 Å². The van der Waals surface area contributed by atoms with Crippen LogP contribution in [0.25, 0.3) is 11.0 Å². The molecule has 0 aliphatic heterocycles. The van der Waals surface area contributed by atoms with Crippen molar-refractivity contribution < 1.29 is 5.11 Å². The summed E-state index contributed by atoms with van der Waals surface area (Å²) in [5.41, 5.74) is 4.00. The summed E-state index contributed by atoms with van der Waals surface area (Å²) in [7, 11) is 0. The predicted molar refractivity (Wildman–Crippen MR) is 83.3 cm³/mol. The highest BCUT2D eigenvalue weighted by molar-refractivity contribution is 5.73. The molecule has 1 aromatic heterocycles. The summed E-state index contributed by atoms with van der Waals surface area (Å²) in [5, 5.41) is 18.4. The topological polar surface area (TPSA) is 50.9 Å². The van der Waals surface area contributed by atoms with Crippen LogP contribution in [-0.2, 0) is 13.0 Å². The molecule has 0 atom stereocenters. The molecule has 0 aliphatic carbocycles. The summed E-state index contributed by atoms with van der Waals surface area (Å²) in [6.07, 6.45) is 3.38. The quantitative estimate of drug-likeness (QED) is 0.778. The lowest BCUT2D eigenvalue weighted by molar-refractivity contribution is 0.463. The maximum absolute atomic E-state index is 10.1. The molecule has 0 aliphatic rings. The van der Waals surface area contributed by atoms with Gasteiger partial charge in [-0.25, -0.2) is 4.68 Å². The smallest absolute Gasteiger partial charge is 0.120 e. The number of nitrogens with zero attached hydrogens (tertiary/aromatic N) is 3. The van der Waals surface area contributed by atoms with Gasteiger partial charge >= 0.3 is 0 Å². The Morgan fingerprint density at radius 2 is 2.00 bits per heavy atom. The van der Waals surface area contributed by atoms with E-state index in [9.17, 15) is 5.11 Å². The first kappa shape index (κ1) is 13.6. The van der Waals surface area contributed by atoms with Crippen molar-refractivity contribution in [3.8, 4) is 5.75 Å². The normalized spacial score (nSPS) is 11.1. The van der Waals surface area contributed by atoms with Gasteiger partial charge in [-0.05, 0) is 36.6 Å². The molecule has 0 fully saturated rings. The highest BCUT2D eigenvalue weighted by Gasteiger charge is 2.08. The van der Waals surface area contributed by atoms with Crippen molar-refractivity contribution in [1.82, 2.24) is 15.0 Å². The number of benzene rings is 2. The van der Waals surface area contributed by atoms with E-state index < -0.39 is 0 Å². The Labute approximate surface area is 124 Å². The number of aryl methyl sites for hydroxylation is 1. The van der Waals surface area contributed by atoms with Crippen LogP contribution in [0.3, 0.4) is 0 Å². The minimum atomic E-state index is 0.315. The number of fused-ring (bicyclic) bond motifs is 1. The summed E-state index contributed by atoms with van der Waals surface area (Å²) >= 11 is 0. The van der Waals surface area contributed by atoms with Crippen LogP contribution in [0.5, 0.6) is 5.75 Å². The van der Waals surface area contributed by atoms with Crippen molar-refractivity contribution >= 4 is 11.0 Å². The lowest BCUT2D eigenvalue weighted by Gasteiger charge is -2.08. The number of phenols is 1. The zero-order chi connectivity index (χ0) is 14.7. The second-order valence-electron chi connectivity index (χ2n) is 5.30. The molecule has 0 amide bonds. The zero-order valence-corrected chi connectivity index (χ0v) is 12.2. The van der Waals surface area contributed by atoms with Crippen molar-refractivity contribution in [2.75, 3.05) is 0 Å². The minimum Gasteiger partial charge on any atom is -0.508 e. The first-order valence-corrected chi connectivity index (χ1v) is 7.37. The van der Waals surface area contributed by atoms with E-state index in [2.05, 4.69) is 23.3 Å². The lowest BCUT2D eigenvalue weighted by atomic mass is 10.0. The number of aromatic nitrogens is 3. The third-order valence-corrected chi connectivity index (χ3v) is 3.70. The molecule has 21 heavy (non-hydrogen) atoms. The minimum absolute atomic E-state index is 0.315. The highest BCUT2D eigenvalue weighted by atomic mass is 16.3. The standard InChI is InChI=1S/C17H19N3O/c1-2-3-6-13-9-10-17(21)14(11-13)12-20-16-8-5-4-7-15(16)18-19-20/h4-5,7-11,21H,2-3,6,12H2,1H3.